The monoisotopic (exact) mass is 544 g/mol. The Morgan fingerprint density at radius 1 is 1.31 bits per heavy atom. The lowest BCUT2D eigenvalue weighted by atomic mass is 10.3. The number of nitrogens with zero attached hydrogens (tertiary/aromatic N) is 5. The molecule has 0 aromatic carbocycles. The summed E-state index contributed by atoms with van der Waals surface area (Å²) in [7, 11) is 0. The van der Waals surface area contributed by atoms with Crippen LogP contribution in [0.25, 0.3) is 0 Å². The van der Waals surface area contributed by atoms with E-state index < -0.39 is 11.9 Å². The molecule has 2 aromatic rings. The predicted molar refractivity (Wildman–Crippen MR) is 116 cm³/mol. The second-order valence-electron chi connectivity index (χ2n) is 6.36. The number of alkyl halides is 3. The Bertz CT molecular complexity index is 760. The minimum Gasteiger partial charge on any atom is -0.364 e. The molecule has 29 heavy (non-hydrogen) atoms. The number of aromatic nitrogens is 2. The summed E-state index contributed by atoms with van der Waals surface area (Å²) in [6.07, 6.45) is -2.43. The van der Waals surface area contributed by atoms with Crippen molar-refractivity contribution in [2.45, 2.75) is 26.1 Å². The maximum Gasteiger partial charge on any atom is 0.434 e. The van der Waals surface area contributed by atoms with Gasteiger partial charge >= 0.3 is 6.18 Å². The van der Waals surface area contributed by atoms with E-state index in [2.05, 4.69) is 30.2 Å². The van der Waals surface area contributed by atoms with Crippen LogP contribution in [0.4, 0.5) is 13.2 Å². The fraction of sp³-hybridized carbons (Fsp3) is 0.588. The van der Waals surface area contributed by atoms with Crippen LogP contribution in [0.5, 0.6) is 0 Å². The van der Waals surface area contributed by atoms with Crippen molar-refractivity contribution in [1.29, 1.82) is 0 Å². The first-order valence-electron chi connectivity index (χ1n) is 9.12. The molecular formula is C17H24F3IN6OS. The second-order valence-corrected chi connectivity index (χ2v) is 7.31. The van der Waals surface area contributed by atoms with Crippen molar-refractivity contribution >= 4 is 41.3 Å². The number of rotatable bonds is 6. The number of guanidine groups is 1. The standard InChI is InChI=1S/C17H23F3N6OS.HI/c1-2-21-16(22-5-3-15-23-14(12-28-15)17(18,19)20)26-8-6-25(7-9-26)11-13-4-10-27-24-13;/h4,10,12H,2-3,5-9,11H2,1H3,(H,21,22);1H. The summed E-state index contributed by atoms with van der Waals surface area (Å²) in [5.74, 6) is 0.788. The first-order valence-corrected chi connectivity index (χ1v) is 10.00. The third-order valence-electron chi connectivity index (χ3n) is 4.31. The average Bonchev–Trinajstić information content (AvgIpc) is 3.33. The van der Waals surface area contributed by atoms with Crippen LogP contribution < -0.4 is 5.32 Å². The summed E-state index contributed by atoms with van der Waals surface area (Å²) in [4.78, 5) is 12.7. The molecule has 12 heteroatoms. The Morgan fingerprint density at radius 3 is 2.66 bits per heavy atom. The molecule has 0 aliphatic carbocycles. The van der Waals surface area contributed by atoms with Crippen LogP contribution in [0.1, 0.15) is 23.3 Å². The number of nitrogens with one attached hydrogen (secondary N) is 1. The molecule has 1 aliphatic rings. The van der Waals surface area contributed by atoms with Gasteiger partial charge in [-0.05, 0) is 6.92 Å². The van der Waals surface area contributed by atoms with Gasteiger partial charge in [-0.1, -0.05) is 5.16 Å². The van der Waals surface area contributed by atoms with E-state index in [0.717, 1.165) is 67.6 Å². The lowest BCUT2D eigenvalue weighted by molar-refractivity contribution is -0.140. The van der Waals surface area contributed by atoms with E-state index in [-0.39, 0.29) is 24.0 Å². The van der Waals surface area contributed by atoms with Gasteiger partial charge in [-0.2, -0.15) is 13.2 Å². The summed E-state index contributed by atoms with van der Waals surface area (Å²) in [6.45, 7) is 7.26. The topological polar surface area (TPSA) is 69.8 Å². The van der Waals surface area contributed by atoms with Gasteiger partial charge in [0.1, 0.15) is 6.26 Å². The van der Waals surface area contributed by atoms with Crippen molar-refractivity contribution in [3.8, 4) is 0 Å². The molecule has 0 bridgehead atoms. The fourth-order valence-electron chi connectivity index (χ4n) is 2.91. The molecule has 7 nitrogen and oxygen atoms in total. The van der Waals surface area contributed by atoms with Crippen LogP contribution in [0, 0.1) is 0 Å². The summed E-state index contributed by atoms with van der Waals surface area (Å²) in [5.41, 5.74) is 0.0855. The highest BCUT2D eigenvalue weighted by Crippen LogP contribution is 2.30. The van der Waals surface area contributed by atoms with Crippen molar-refractivity contribution in [2.24, 2.45) is 4.99 Å². The zero-order valence-corrected chi connectivity index (χ0v) is 19.1. The van der Waals surface area contributed by atoms with Gasteiger partial charge < -0.3 is 14.7 Å². The Balaban J connectivity index is 0.00000300. The number of aliphatic imine (C=N–C) groups is 1. The zero-order chi connectivity index (χ0) is 20.0. The van der Waals surface area contributed by atoms with Crippen LogP contribution in [0.15, 0.2) is 27.2 Å². The van der Waals surface area contributed by atoms with Crippen LogP contribution in [-0.2, 0) is 19.1 Å². The number of hydrogen-bond acceptors (Lipinski definition) is 6. The first kappa shape index (κ1) is 23.9. The molecule has 0 spiro atoms. The van der Waals surface area contributed by atoms with Gasteiger partial charge in [-0.25, -0.2) is 4.98 Å². The first-order chi connectivity index (χ1) is 13.5. The Kier molecular flexibility index (Phi) is 9.14. The Labute approximate surface area is 188 Å². The van der Waals surface area contributed by atoms with E-state index in [4.69, 9.17) is 4.52 Å². The molecule has 0 unspecified atom stereocenters. The molecule has 1 fully saturated rings. The SMILES string of the molecule is CCNC(=NCCc1nc(C(F)(F)F)cs1)N1CCN(Cc2ccon2)CC1.I. The minimum atomic E-state index is -4.39. The Hall–Kier alpha value is -1.41. The van der Waals surface area contributed by atoms with Gasteiger partial charge in [-0.3, -0.25) is 9.89 Å². The quantitative estimate of drug-likeness (QED) is 0.343. The molecule has 2 aromatic heterocycles. The summed E-state index contributed by atoms with van der Waals surface area (Å²) < 4.78 is 42.8. The van der Waals surface area contributed by atoms with E-state index in [1.807, 2.05) is 13.0 Å². The third kappa shape index (κ3) is 7.10. The van der Waals surface area contributed by atoms with E-state index in [0.29, 0.717) is 18.0 Å². The van der Waals surface area contributed by atoms with E-state index in [1.165, 1.54) is 0 Å². The van der Waals surface area contributed by atoms with Crippen molar-refractivity contribution in [3.63, 3.8) is 0 Å². The zero-order valence-electron chi connectivity index (χ0n) is 16.0. The molecule has 3 heterocycles. The maximum absolute atomic E-state index is 12.6. The fourth-order valence-corrected chi connectivity index (χ4v) is 3.70. The van der Waals surface area contributed by atoms with Crippen molar-refractivity contribution in [3.05, 3.63) is 34.1 Å². The Morgan fingerprint density at radius 2 is 2.07 bits per heavy atom. The average molecular weight is 544 g/mol. The molecule has 3 rings (SSSR count). The number of hydrogen-bond donors (Lipinski definition) is 1. The number of piperazine rings is 1. The predicted octanol–water partition coefficient (Wildman–Crippen LogP) is 3.09. The molecule has 0 saturated carbocycles. The van der Waals surface area contributed by atoms with E-state index in [9.17, 15) is 13.2 Å². The van der Waals surface area contributed by atoms with Crippen molar-refractivity contribution in [1.82, 2.24) is 25.3 Å². The summed E-state index contributed by atoms with van der Waals surface area (Å²) in [5, 5.41) is 8.70. The van der Waals surface area contributed by atoms with Gasteiger partial charge in [0.05, 0.1) is 10.7 Å². The molecule has 0 atom stereocenters. The lowest BCUT2D eigenvalue weighted by Crippen LogP contribution is -2.52. The van der Waals surface area contributed by atoms with Gasteiger partial charge in [0.15, 0.2) is 11.7 Å². The smallest absolute Gasteiger partial charge is 0.364 e. The van der Waals surface area contributed by atoms with Crippen LogP contribution >= 0.6 is 35.3 Å². The van der Waals surface area contributed by atoms with Crippen LogP contribution in [0.3, 0.4) is 0 Å². The van der Waals surface area contributed by atoms with Crippen molar-refractivity contribution in [2.75, 3.05) is 39.3 Å². The normalized spacial score (nSPS) is 16.0. The van der Waals surface area contributed by atoms with Gasteiger partial charge in [0, 0.05) is 63.7 Å². The summed E-state index contributed by atoms with van der Waals surface area (Å²) >= 11 is 1.02. The molecule has 162 valence electrons. The summed E-state index contributed by atoms with van der Waals surface area (Å²) in [6, 6.07) is 1.86. The van der Waals surface area contributed by atoms with Gasteiger partial charge in [0.25, 0.3) is 0 Å². The van der Waals surface area contributed by atoms with Crippen LogP contribution in [0.2, 0.25) is 0 Å². The number of halogens is 4. The van der Waals surface area contributed by atoms with Crippen molar-refractivity contribution < 1.29 is 17.7 Å². The van der Waals surface area contributed by atoms with E-state index in [1.54, 1.807) is 6.26 Å². The molecule has 1 N–H and O–H groups in total. The highest BCUT2D eigenvalue weighted by Gasteiger charge is 2.33. The lowest BCUT2D eigenvalue weighted by Gasteiger charge is -2.36. The number of thiazole rings is 1. The molecule has 1 aliphatic heterocycles. The highest BCUT2D eigenvalue weighted by molar-refractivity contribution is 14.0. The van der Waals surface area contributed by atoms with Crippen LogP contribution in [-0.4, -0.2) is 65.2 Å². The third-order valence-corrected chi connectivity index (χ3v) is 5.22. The largest absolute Gasteiger partial charge is 0.434 e. The van der Waals surface area contributed by atoms with E-state index >= 15 is 0 Å². The molecule has 0 radical (unpaired) electrons. The molecule has 0 amide bonds. The highest BCUT2D eigenvalue weighted by atomic mass is 127. The maximum atomic E-state index is 12.6. The second kappa shape index (κ2) is 11.1. The van der Waals surface area contributed by atoms with Gasteiger partial charge in [-0.15, -0.1) is 35.3 Å². The molecular weight excluding hydrogens is 520 g/mol. The molecule has 1 saturated heterocycles. The van der Waals surface area contributed by atoms with Gasteiger partial charge in [0.2, 0.25) is 0 Å². The minimum absolute atomic E-state index is 0.